The van der Waals surface area contributed by atoms with E-state index in [9.17, 15) is 27.9 Å². The van der Waals surface area contributed by atoms with Crippen LogP contribution in [0.5, 0.6) is 0 Å². The highest BCUT2D eigenvalue weighted by atomic mass is 79.9. The van der Waals surface area contributed by atoms with Gasteiger partial charge in [-0.1, -0.05) is 38.9 Å². The van der Waals surface area contributed by atoms with E-state index in [2.05, 4.69) is 20.9 Å². The molecule has 5 nitrogen and oxygen atoms in total. The molecule has 0 radical (unpaired) electrons. The molecule has 0 aliphatic carbocycles. The maximum Gasteiger partial charge on any atom is 0.449 e. The minimum atomic E-state index is -6.23. The second-order valence-corrected chi connectivity index (χ2v) is 17.3. The van der Waals surface area contributed by atoms with E-state index in [0.29, 0.717) is 25.1 Å². The highest BCUT2D eigenvalue weighted by Gasteiger charge is 2.77. The average molecular weight is 602 g/mol. The van der Waals surface area contributed by atoms with Gasteiger partial charge in [0.05, 0.1) is 8.07 Å². The van der Waals surface area contributed by atoms with Crippen LogP contribution in [0.4, 0.5) is 26.3 Å². The zero-order chi connectivity index (χ0) is 27.1. The fourth-order valence-electron chi connectivity index (χ4n) is 3.66. The van der Waals surface area contributed by atoms with Crippen molar-refractivity contribution in [3.05, 3.63) is 22.2 Å². The minimum absolute atomic E-state index is 0.0516. The third kappa shape index (κ3) is 5.32. The average Bonchev–Trinajstić information content (AvgIpc) is 2.69. The van der Waals surface area contributed by atoms with Crippen molar-refractivity contribution in [3.8, 4) is 0 Å². The van der Waals surface area contributed by atoms with Gasteiger partial charge in [-0.15, -0.1) is 4.72 Å². The molecule has 34 heavy (non-hydrogen) atoms. The van der Waals surface area contributed by atoms with Gasteiger partial charge < -0.3 is 14.8 Å². The number of alkyl halides is 5. The van der Waals surface area contributed by atoms with Gasteiger partial charge in [-0.3, -0.25) is 0 Å². The molecule has 1 aromatic heterocycles. The van der Waals surface area contributed by atoms with Crippen LogP contribution in [0.3, 0.4) is 0 Å². The number of nitrogens with one attached hydrogen (secondary N) is 1. The van der Waals surface area contributed by atoms with Gasteiger partial charge in [0.1, 0.15) is 20.9 Å². The zero-order valence-corrected chi connectivity index (χ0v) is 23.4. The molecule has 1 rings (SSSR count). The van der Waals surface area contributed by atoms with Gasteiger partial charge in [0.2, 0.25) is 0 Å². The number of pyridine rings is 1. The Kier molecular flexibility index (Phi) is 9.47. The summed E-state index contributed by atoms with van der Waals surface area (Å²) in [7, 11) is -2.64. The summed E-state index contributed by atoms with van der Waals surface area (Å²) in [6.07, 6.45) is -6.23. The third-order valence-electron chi connectivity index (χ3n) is 6.32. The van der Waals surface area contributed by atoms with E-state index in [-0.39, 0.29) is 9.79 Å². The molecule has 14 heteroatoms. The van der Waals surface area contributed by atoms with Crippen molar-refractivity contribution in [3.63, 3.8) is 0 Å². The number of nitrogens with zero attached hydrogens (tertiary/aromatic N) is 1. The SMILES string of the molecule is CC[Si](CC)(CC)c1cc(Br)nc(C(C)(N[S+]([O-])C(C)(C)C)C(F)(F)C(O)(O)C(F)(F)F)c1F. The molecule has 3 N–H and O–H groups in total. The van der Waals surface area contributed by atoms with Crippen LogP contribution in [-0.4, -0.2) is 50.5 Å². The first-order chi connectivity index (χ1) is 15.1. The van der Waals surface area contributed by atoms with Crippen molar-refractivity contribution in [2.75, 3.05) is 0 Å². The first kappa shape index (κ1) is 31.6. The fourth-order valence-corrected chi connectivity index (χ4v) is 8.85. The van der Waals surface area contributed by atoms with Gasteiger partial charge in [-0.05, 0) is 54.9 Å². The molecule has 1 aromatic rings. The van der Waals surface area contributed by atoms with E-state index in [1.165, 1.54) is 26.8 Å². The van der Waals surface area contributed by atoms with E-state index in [0.717, 1.165) is 0 Å². The molecule has 1 heterocycles. The van der Waals surface area contributed by atoms with E-state index in [4.69, 9.17) is 0 Å². The molecule has 2 unspecified atom stereocenters. The molecule has 0 spiro atoms. The Hall–Kier alpha value is -0.383. The van der Waals surface area contributed by atoms with Gasteiger partial charge in [0, 0.05) is 11.4 Å². The number of rotatable bonds is 9. The highest BCUT2D eigenvalue weighted by molar-refractivity contribution is 9.10. The van der Waals surface area contributed by atoms with Crippen LogP contribution < -0.4 is 9.91 Å². The van der Waals surface area contributed by atoms with Crippen molar-refractivity contribution >= 4 is 40.6 Å². The number of hydrogen-bond acceptors (Lipinski definition) is 5. The Labute approximate surface area is 208 Å². The first-order valence-electron chi connectivity index (χ1n) is 10.6. The molecule has 0 amide bonds. The largest absolute Gasteiger partial charge is 0.598 e. The number of hydrogen-bond donors (Lipinski definition) is 3. The van der Waals surface area contributed by atoms with Crippen molar-refractivity contribution in [2.24, 2.45) is 0 Å². The minimum Gasteiger partial charge on any atom is -0.598 e. The van der Waals surface area contributed by atoms with Crippen LogP contribution >= 0.6 is 15.9 Å². The summed E-state index contributed by atoms with van der Waals surface area (Å²) in [5.41, 5.74) is -4.76. The molecular weight excluding hydrogens is 570 g/mol. The predicted octanol–water partition coefficient (Wildman–Crippen LogP) is 4.84. The molecular formula is C20H31BrF6N2O3SSi. The van der Waals surface area contributed by atoms with Crippen LogP contribution in [0, 0.1) is 5.82 Å². The number of aliphatic hydroxyl groups is 2. The van der Waals surface area contributed by atoms with E-state index >= 15 is 13.2 Å². The van der Waals surface area contributed by atoms with Crippen molar-refractivity contribution in [1.82, 2.24) is 9.71 Å². The third-order valence-corrected chi connectivity index (χ3v) is 14.0. The van der Waals surface area contributed by atoms with Crippen LogP contribution in [0.15, 0.2) is 10.7 Å². The van der Waals surface area contributed by atoms with Crippen LogP contribution in [0.1, 0.15) is 54.2 Å². The summed E-state index contributed by atoms with van der Waals surface area (Å²) < 4.78 is 100. The molecule has 0 aliphatic heterocycles. The fraction of sp³-hybridized carbons (Fsp3) is 0.750. The number of aromatic nitrogens is 1. The smallest absolute Gasteiger partial charge is 0.449 e. The molecule has 198 valence electrons. The van der Waals surface area contributed by atoms with Crippen molar-refractivity contribution in [1.29, 1.82) is 0 Å². The molecule has 0 saturated heterocycles. The van der Waals surface area contributed by atoms with Crippen molar-refractivity contribution in [2.45, 2.75) is 94.8 Å². The first-order valence-corrected chi connectivity index (χ1v) is 15.1. The summed E-state index contributed by atoms with van der Waals surface area (Å²) in [4.78, 5) is 3.72. The predicted molar refractivity (Wildman–Crippen MR) is 125 cm³/mol. The summed E-state index contributed by atoms with van der Waals surface area (Å²) in [6.45, 7) is 9.91. The maximum atomic E-state index is 16.0. The molecule has 0 aliphatic rings. The Morgan fingerprint density at radius 3 is 1.82 bits per heavy atom. The monoisotopic (exact) mass is 600 g/mol. The Balaban J connectivity index is 4.12. The second-order valence-electron chi connectivity index (χ2n) is 9.35. The standard InChI is InChI=1S/C20H31BrF6N2O3SSi/c1-8-34(9-2,10-3)12-11-13(21)28-15(14(12)22)17(7,29-33(32)16(4,5)6)18(23,24)19(30,31)20(25,26)27/h11,29-31H,8-10H2,1-7H3. The van der Waals surface area contributed by atoms with E-state index in [1.807, 2.05) is 25.5 Å². The molecule has 2 atom stereocenters. The van der Waals surface area contributed by atoms with Crippen LogP contribution in [-0.2, 0) is 16.9 Å². The van der Waals surface area contributed by atoms with Crippen molar-refractivity contribution < 1.29 is 41.1 Å². The Morgan fingerprint density at radius 1 is 1.03 bits per heavy atom. The van der Waals surface area contributed by atoms with Gasteiger partial charge in [-0.25, -0.2) is 9.37 Å². The second kappa shape index (κ2) is 10.2. The number of halogens is 7. The maximum absolute atomic E-state index is 16.0. The quantitative estimate of drug-likeness (QED) is 0.124. The van der Waals surface area contributed by atoms with Crippen LogP contribution in [0.2, 0.25) is 18.1 Å². The lowest BCUT2D eigenvalue weighted by atomic mass is 9.84. The van der Waals surface area contributed by atoms with E-state index < -0.39 is 59.1 Å². The Bertz CT molecular complexity index is 873. The van der Waals surface area contributed by atoms with Gasteiger partial charge in [-0.2, -0.15) is 22.0 Å². The lowest BCUT2D eigenvalue weighted by molar-refractivity contribution is -0.429. The molecule has 0 bridgehead atoms. The molecule has 0 saturated carbocycles. The Morgan fingerprint density at radius 2 is 1.47 bits per heavy atom. The normalized spacial score (nSPS) is 17.0. The summed E-state index contributed by atoms with van der Waals surface area (Å²) in [5.74, 6) is -12.4. The topological polar surface area (TPSA) is 88.4 Å². The van der Waals surface area contributed by atoms with E-state index in [1.54, 1.807) is 0 Å². The summed E-state index contributed by atoms with van der Waals surface area (Å²) >= 11 is 0.537. The summed E-state index contributed by atoms with van der Waals surface area (Å²) in [6, 6.07) is 2.84. The van der Waals surface area contributed by atoms with Gasteiger partial charge in [0.25, 0.3) is 0 Å². The molecule has 0 fully saturated rings. The lowest BCUT2D eigenvalue weighted by Crippen LogP contribution is -2.72. The molecule has 0 aromatic carbocycles. The van der Waals surface area contributed by atoms with Crippen LogP contribution in [0.25, 0.3) is 0 Å². The highest BCUT2D eigenvalue weighted by Crippen LogP contribution is 2.50. The van der Waals surface area contributed by atoms with Gasteiger partial charge >= 0.3 is 17.9 Å². The summed E-state index contributed by atoms with van der Waals surface area (Å²) in [5, 5.41) is 19.3. The van der Waals surface area contributed by atoms with Gasteiger partial charge in [0.15, 0.2) is 5.54 Å². The lowest BCUT2D eigenvalue weighted by Gasteiger charge is -2.44. The zero-order valence-electron chi connectivity index (χ0n) is 20.0.